The molecular weight excluding hydrogens is 214 g/mol. The summed E-state index contributed by atoms with van der Waals surface area (Å²) in [4.78, 5) is 4.31. The molecule has 0 unspecified atom stereocenters. The third-order valence-electron chi connectivity index (χ3n) is 2.84. The van der Waals surface area contributed by atoms with Crippen LogP contribution in [-0.4, -0.2) is 31.7 Å². The van der Waals surface area contributed by atoms with Gasteiger partial charge in [0, 0.05) is 19.2 Å². The molecule has 1 aromatic heterocycles. The predicted molar refractivity (Wildman–Crippen MR) is 69.5 cm³/mol. The number of nitrogens with one attached hydrogen (secondary N) is 2. The Balaban J connectivity index is 1.79. The molecule has 0 spiro atoms. The summed E-state index contributed by atoms with van der Waals surface area (Å²) in [6.07, 6.45) is 4.53. The summed E-state index contributed by atoms with van der Waals surface area (Å²) in [6, 6.07) is 5.75. The topological polar surface area (TPSA) is 46.2 Å². The Kier molecular flexibility index (Phi) is 4.38. The van der Waals surface area contributed by atoms with E-state index < -0.39 is 0 Å². The number of rotatable bonds is 5. The van der Waals surface area contributed by atoms with Gasteiger partial charge in [0.05, 0.1) is 7.11 Å². The highest BCUT2D eigenvalue weighted by Gasteiger charge is 2.02. The first-order valence-electron chi connectivity index (χ1n) is 6.02. The summed E-state index contributed by atoms with van der Waals surface area (Å²) >= 11 is 0. The van der Waals surface area contributed by atoms with E-state index in [-0.39, 0.29) is 0 Å². The average Bonchev–Trinajstić information content (AvgIpc) is 2.40. The van der Waals surface area contributed by atoms with Crippen molar-refractivity contribution in [2.75, 3.05) is 32.1 Å². The minimum absolute atomic E-state index is 0.649. The van der Waals surface area contributed by atoms with Crippen LogP contribution in [0.15, 0.2) is 29.8 Å². The van der Waals surface area contributed by atoms with Gasteiger partial charge in [0.1, 0.15) is 5.82 Å². The standard InChI is InChI=1S/C13H19N3O/c1-17-13-4-2-3-12(16-13)15-10-7-11-5-8-14-9-6-11/h2-5,14H,6-10H2,1H3,(H,15,16). The van der Waals surface area contributed by atoms with E-state index in [1.165, 1.54) is 5.57 Å². The van der Waals surface area contributed by atoms with Crippen LogP contribution in [0.4, 0.5) is 5.82 Å². The molecule has 2 heterocycles. The molecule has 1 aromatic rings. The fourth-order valence-corrected chi connectivity index (χ4v) is 1.87. The summed E-state index contributed by atoms with van der Waals surface area (Å²) in [7, 11) is 1.63. The Labute approximate surface area is 102 Å². The van der Waals surface area contributed by atoms with Crippen LogP contribution in [0.2, 0.25) is 0 Å². The quantitative estimate of drug-likeness (QED) is 0.761. The molecule has 17 heavy (non-hydrogen) atoms. The van der Waals surface area contributed by atoms with Crippen LogP contribution in [0.1, 0.15) is 12.8 Å². The van der Waals surface area contributed by atoms with Crippen molar-refractivity contribution in [3.8, 4) is 5.88 Å². The van der Waals surface area contributed by atoms with Gasteiger partial charge in [-0.05, 0) is 25.5 Å². The Morgan fingerprint density at radius 3 is 3.18 bits per heavy atom. The highest BCUT2D eigenvalue weighted by Crippen LogP contribution is 2.12. The highest BCUT2D eigenvalue weighted by molar-refractivity contribution is 5.37. The van der Waals surface area contributed by atoms with Crippen molar-refractivity contribution >= 4 is 5.82 Å². The molecule has 0 aromatic carbocycles. The lowest BCUT2D eigenvalue weighted by Crippen LogP contribution is -2.21. The third-order valence-corrected chi connectivity index (χ3v) is 2.84. The molecule has 0 aliphatic carbocycles. The van der Waals surface area contributed by atoms with E-state index in [4.69, 9.17) is 4.74 Å². The van der Waals surface area contributed by atoms with Crippen molar-refractivity contribution in [3.05, 3.63) is 29.8 Å². The summed E-state index contributed by atoms with van der Waals surface area (Å²) in [5.41, 5.74) is 1.53. The number of hydrogen-bond acceptors (Lipinski definition) is 4. The number of hydrogen-bond donors (Lipinski definition) is 2. The van der Waals surface area contributed by atoms with Gasteiger partial charge in [0.25, 0.3) is 0 Å². The molecule has 0 radical (unpaired) electrons. The Morgan fingerprint density at radius 2 is 2.41 bits per heavy atom. The molecule has 1 aliphatic heterocycles. The number of aromatic nitrogens is 1. The van der Waals surface area contributed by atoms with Gasteiger partial charge in [-0.1, -0.05) is 17.7 Å². The molecule has 0 amide bonds. The van der Waals surface area contributed by atoms with E-state index in [2.05, 4.69) is 21.7 Å². The Morgan fingerprint density at radius 1 is 1.47 bits per heavy atom. The first-order valence-corrected chi connectivity index (χ1v) is 6.02. The molecule has 4 heteroatoms. The van der Waals surface area contributed by atoms with Crippen molar-refractivity contribution in [2.24, 2.45) is 0 Å². The van der Waals surface area contributed by atoms with Crippen LogP contribution in [0.25, 0.3) is 0 Å². The van der Waals surface area contributed by atoms with E-state index in [9.17, 15) is 0 Å². The molecule has 2 rings (SSSR count). The minimum Gasteiger partial charge on any atom is -0.481 e. The van der Waals surface area contributed by atoms with E-state index in [1.807, 2.05) is 18.2 Å². The largest absolute Gasteiger partial charge is 0.481 e. The average molecular weight is 233 g/mol. The first kappa shape index (κ1) is 11.9. The second-order valence-corrected chi connectivity index (χ2v) is 4.06. The normalized spacial score (nSPS) is 15.2. The fourth-order valence-electron chi connectivity index (χ4n) is 1.87. The molecule has 2 N–H and O–H groups in total. The molecule has 4 nitrogen and oxygen atoms in total. The zero-order chi connectivity index (χ0) is 11.9. The van der Waals surface area contributed by atoms with Crippen LogP contribution in [-0.2, 0) is 0 Å². The lowest BCUT2D eigenvalue weighted by molar-refractivity contribution is 0.398. The van der Waals surface area contributed by atoms with Gasteiger partial charge in [-0.2, -0.15) is 4.98 Å². The molecule has 0 bridgehead atoms. The molecule has 0 fully saturated rings. The maximum absolute atomic E-state index is 5.08. The smallest absolute Gasteiger partial charge is 0.214 e. The van der Waals surface area contributed by atoms with Crippen molar-refractivity contribution in [2.45, 2.75) is 12.8 Å². The fraction of sp³-hybridized carbons (Fsp3) is 0.462. The Bertz CT molecular complexity index is 390. The van der Waals surface area contributed by atoms with E-state index in [0.717, 1.165) is 38.3 Å². The SMILES string of the molecule is COc1cccc(NCCC2=CCNCC2)n1. The minimum atomic E-state index is 0.649. The highest BCUT2D eigenvalue weighted by atomic mass is 16.5. The number of nitrogens with zero attached hydrogens (tertiary/aromatic N) is 1. The number of anilines is 1. The molecular formula is C13H19N3O. The van der Waals surface area contributed by atoms with Crippen LogP contribution >= 0.6 is 0 Å². The van der Waals surface area contributed by atoms with Gasteiger partial charge < -0.3 is 15.4 Å². The summed E-state index contributed by atoms with van der Waals surface area (Å²) in [5, 5.41) is 6.63. The second-order valence-electron chi connectivity index (χ2n) is 4.06. The number of pyridine rings is 1. The van der Waals surface area contributed by atoms with Crippen LogP contribution in [0, 0.1) is 0 Å². The second kappa shape index (κ2) is 6.25. The maximum atomic E-state index is 5.08. The van der Waals surface area contributed by atoms with E-state index in [1.54, 1.807) is 7.11 Å². The number of methoxy groups -OCH3 is 1. The van der Waals surface area contributed by atoms with Gasteiger partial charge >= 0.3 is 0 Å². The van der Waals surface area contributed by atoms with E-state index in [0.29, 0.717) is 5.88 Å². The third kappa shape index (κ3) is 3.75. The maximum Gasteiger partial charge on any atom is 0.214 e. The predicted octanol–water partition coefficient (Wildman–Crippen LogP) is 1.81. The van der Waals surface area contributed by atoms with Gasteiger partial charge in [-0.25, -0.2) is 0 Å². The van der Waals surface area contributed by atoms with Crippen molar-refractivity contribution in [1.82, 2.24) is 10.3 Å². The van der Waals surface area contributed by atoms with Gasteiger partial charge in [0.2, 0.25) is 5.88 Å². The molecule has 1 aliphatic rings. The molecule has 92 valence electrons. The monoisotopic (exact) mass is 233 g/mol. The Hall–Kier alpha value is -1.55. The van der Waals surface area contributed by atoms with Gasteiger partial charge in [-0.15, -0.1) is 0 Å². The zero-order valence-corrected chi connectivity index (χ0v) is 10.2. The summed E-state index contributed by atoms with van der Waals surface area (Å²) in [5.74, 6) is 1.52. The van der Waals surface area contributed by atoms with Crippen molar-refractivity contribution in [3.63, 3.8) is 0 Å². The van der Waals surface area contributed by atoms with Crippen LogP contribution < -0.4 is 15.4 Å². The number of ether oxygens (including phenoxy) is 1. The van der Waals surface area contributed by atoms with Crippen LogP contribution in [0.3, 0.4) is 0 Å². The molecule has 0 atom stereocenters. The van der Waals surface area contributed by atoms with E-state index >= 15 is 0 Å². The summed E-state index contributed by atoms with van der Waals surface area (Å²) in [6.45, 7) is 3.03. The van der Waals surface area contributed by atoms with Crippen molar-refractivity contribution in [1.29, 1.82) is 0 Å². The first-order chi connectivity index (χ1) is 8.38. The summed E-state index contributed by atoms with van der Waals surface area (Å²) < 4.78 is 5.08. The van der Waals surface area contributed by atoms with Crippen molar-refractivity contribution < 1.29 is 4.74 Å². The van der Waals surface area contributed by atoms with Gasteiger partial charge in [0.15, 0.2) is 0 Å². The van der Waals surface area contributed by atoms with Gasteiger partial charge in [-0.3, -0.25) is 0 Å². The zero-order valence-electron chi connectivity index (χ0n) is 10.2. The molecule has 0 saturated carbocycles. The lowest BCUT2D eigenvalue weighted by Gasteiger charge is -2.14. The molecule has 0 saturated heterocycles. The lowest BCUT2D eigenvalue weighted by atomic mass is 10.1. The van der Waals surface area contributed by atoms with Crippen LogP contribution in [0.5, 0.6) is 5.88 Å².